The molecule has 3 unspecified atom stereocenters. The molecule has 0 saturated carbocycles. The van der Waals surface area contributed by atoms with Gasteiger partial charge in [-0.15, -0.1) is 0 Å². The molecule has 0 aliphatic heterocycles. The maximum absolute atomic E-state index is 3.98. The van der Waals surface area contributed by atoms with Gasteiger partial charge in [0.1, 0.15) is 0 Å². The highest BCUT2D eigenvalue weighted by Crippen LogP contribution is 2.28. The van der Waals surface area contributed by atoms with Crippen LogP contribution in [0.1, 0.15) is 91.9 Å². The zero-order valence-corrected chi connectivity index (χ0v) is 13.5. The maximum Gasteiger partial charge on any atom is -0.0391 e. The van der Waals surface area contributed by atoms with Crippen molar-refractivity contribution in [3.8, 4) is 0 Å². The Balaban J connectivity index is 3.48. The Morgan fingerprint density at radius 3 is 1.78 bits per heavy atom. The molecule has 0 bridgehead atoms. The lowest BCUT2D eigenvalue weighted by atomic mass is 9.80. The van der Waals surface area contributed by atoms with Crippen LogP contribution in [0, 0.1) is 24.7 Å². The summed E-state index contributed by atoms with van der Waals surface area (Å²) in [6, 6.07) is 0. The molecule has 0 aromatic heterocycles. The molecule has 0 heterocycles. The number of rotatable bonds is 12. The number of unbranched alkanes of at least 4 members (excludes halogenated alkanes) is 6. The van der Waals surface area contributed by atoms with E-state index in [2.05, 4.69) is 34.6 Å². The molecule has 0 spiro atoms. The summed E-state index contributed by atoms with van der Waals surface area (Å²) in [5, 5.41) is 0. The summed E-state index contributed by atoms with van der Waals surface area (Å²) in [6.45, 7) is 13.5. The fourth-order valence-electron chi connectivity index (χ4n) is 2.83. The lowest BCUT2D eigenvalue weighted by Crippen LogP contribution is -2.16. The van der Waals surface area contributed by atoms with E-state index in [1.807, 2.05) is 0 Å². The van der Waals surface area contributed by atoms with Crippen LogP contribution in [0.2, 0.25) is 0 Å². The molecule has 0 aromatic carbocycles. The first-order valence-electron chi connectivity index (χ1n) is 8.42. The lowest BCUT2D eigenvalue weighted by molar-refractivity contribution is 0.250. The summed E-state index contributed by atoms with van der Waals surface area (Å²) < 4.78 is 0. The highest BCUT2D eigenvalue weighted by molar-refractivity contribution is 4.69. The van der Waals surface area contributed by atoms with Crippen LogP contribution in [0.3, 0.4) is 0 Å². The van der Waals surface area contributed by atoms with Gasteiger partial charge < -0.3 is 0 Å². The van der Waals surface area contributed by atoms with Gasteiger partial charge in [-0.2, -0.15) is 0 Å². The fraction of sp³-hybridized carbons (Fsp3) is 0.944. The first-order chi connectivity index (χ1) is 8.63. The Hall–Kier alpha value is 0. The van der Waals surface area contributed by atoms with Crippen LogP contribution >= 0.6 is 0 Å². The highest BCUT2D eigenvalue weighted by atomic mass is 14.2. The van der Waals surface area contributed by atoms with E-state index < -0.39 is 0 Å². The van der Waals surface area contributed by atoms with Gasteiger partial charge in [0.25, 0.3) is 0 Å². The van der Waals surface area contributed by atoms with E-state index in [0.717, 1.165) is 24.2 Å². The van der Waals surface area contributed by atoms with E-state index in [4.69, 9.17) is 0 Å². The van der Waals surface area contributed by atoms with Gasteiger partial charge in [-0.25, -0.2) is 0 Å². The van der Waals surface area contributed by atoms with Gasteiger partial charge in [-0.3, -0.25) is 0 Å². The Kier molecular flexibility index (Phi) is 12.1. The topological polar surface area (TPSA) is 0 Å². The predicted molar refractivity (Wildman–Crippen MR) is 84.7 cm³/mol. The van der Waals surface area contributed by atoms with Gasteiger partial charge in [-0.05, 0) is 17.8 Å². The molecule has 0 N–H and O–H groups in total. The second kappa shape index (κ2) is 12.1. The van der Waals surface area contributed by atoms with Gasteiger partial charge >= 0.3 is 0 Å². The Labute approximate surface area is 117 Å². The van der Waals surface area contributed by atoms with Gasteiger partial charge in [0, 0.05) is 0 Å². The third-order valence-electron chi connectivity index (χ3n) is 4.72. The highest BCUT2D eigenvalue weighted by Gasteiger charge is 2.17. The average molecular weight is 253 g/mol. The van der Waals surface area contributed by atoms with E-state index in [9.17, 15) is 0 Å². The van der Waals surface area contributed by atoms with Crippen molar-refractivity contribution >= 4 is 0 Å². The maximum atomic E-state index is 3.98. The average Bonchev–Trinajstić information content (AvgIpc) is 2.36. The standard InChI is InChI=1S/C18H37/c1-6-8-9-10-11-12-13-15-17(4)18(5)16(3)14-7-2/h16-18H,2,6-15H2,1,3-5H3. The zero-order valence-electron chi connectivity index (χ0n) is 13.5. The second-order valence-corrected chi connectivity index (χ2v) is 6.37. The van der Waals surface area contributed by atoms with E-state index in [1.54, 1.807) is 0 Å². The normalized spacial score (nSPS) is 16.5. The summed E-state index contributed by atoms with van der Waals surface area (Å²) in [6.07, 6.45) is 13.8. The van der Waals surface area contributed by atoms with Crippen LogP contribution in [0.15, 0.2) is 0 Å². The quantitative estimate of drug-likeness (QED) is 0.342. The Morgan fingerprint density at radius 2 is 1.22 bits per heavy atom. The molecule has 0 amide bonds. The first kappa shape index (κ1) is 18.0. The summed E-state index contributed by atoms with van der Waals surface area (Å²) in [7, 11) is 0. The van der Waals surface area contributed by atoms with Gasteiger partial charge in [0.2, 0.25) is 0 Å². The number of hydrogen-bond acceptors (Lipinski definition) is 0. The molecule has 1 radical (unpaired) electrons. The molecule has 0 rings (SSSR count). The molecule has 0 aliphatic carbocycles. The van der Waals surface area contributed by atoms with Crippen LogP contribution in [0.25, 0.3) is 0 Å². The monoisotopic (exact) mass is 253 g/mol. The van der Waals surface area contributed by atoms with Gasteiger partial charge in [0.05, 0.1) is 0 Å². The van der Waals surface area contributed by atoms with E-state index in [1.165, 1.54) is 57.8 Å². The van der Waals surface area contributed by atoms with Crippen molar-refractivity contribution in [2.45, 2.75) is 91.9 Å². The van der Waals surface area contributed by atoms with Gasteiger partial charge in [0.15, 0.2) is 0 Å². The van der Waals surface area contributed by atoms with Crippen LogP contribution < -0.4 is 0 Å². The van der Waals surface area contributed by atoms with Crippen molar-refractivity contribution in [2.75, 3.05) is 0 Å². The van der Waals surface area contributed by atoms with Crippen molar-refractivity contribution in [1.82, 2.24) is 0 Å². The molecule has 0 saturated heterocycles. The molecule has 0 aromatic rings. The minimum Gasteiger partial charge on any atom is -0.0654 e. The molecule has 0 fully saturated rings. The summed E-state index contributed by atoms with van der Waals surface area (Å²) >= 11 is 0. The molecular formula is C18H37. The predicted octanol–water partition coefficient (Wildman–Crippen LogP) is 6.65. The number of hydrogen-bond donors (Lipinski definition) is 0. The molecule has 3 atom stereocenters. The summed E-state index contributed by atoms with van der Waals surface area (Å²) in [4.78, 5) is 0. The molecule has 0 heteroatoms. The van der Waals surface area contributed by atoms with Crippen molar-refractivity contribution < 1.29 is 0 Å². The van der Waals surface area contributed by atoms with E-state index >= 15 is 0 Å². The zero-order chi connectivity index (χ0) is 13.8. The molecular weight excluding hydrogens is 216 g/mol. The van der Waals surface area contributed by atoms with Crippen molar-refractivity contribution in [2.24, 2.45) is 17.8 Å². The van der Waals surface area contributed by atoms with Crippen LogP contribution in [-0.4, -0.2) is 0 Å². The largest absolute Gasteiger partial charge is 0.0654 e. The third-order valence-corrected chi connectivity index (χ3v) is 4.72. The SMILES string of the molecule is [CH2]CCC(C)C(C)C(C)CCCCCCCCC. The lowest BCUT2D eigenvalue weighted by Gasteiger charge is -2.26. The van der Waals surface area contributed by atoms with Crippen LogP contribution in [0.4, 0.5) is 0 Å². The Morgan fingerprint density at radius 1 is 0.722 bits per heavy atom. The first-order valence-corrected chi connectivity index (χ1v) is 8.42. The fourth-order valence-corrected chi connectivity index (χ4v) is 2.83. The van der Waals surface area contributed by atoms with Crippen LogP contribution in [-0.2, 0) is 0 Å². The van der Waals surface area contributed by atoms with E-state index in [-0.39, 0.29) is 0 Å². The summed E-state index contributed by atoms with van der Waals surface area (Å²) in [5.74, 6) is 2.61. The van der Waals surface area contributed by atoms with Crippen molar-refractivity contribution in [3.63, 3.8) is 0 Å². The molecule has 0 aliphatic rings. The minimum atomic E-state index is 0.849. The molecule has 0 nitrogen and oxygen atoms in total. The molecule has 18 heavy (non-hydrogen) atoms. The van der Waals surface area contributed by atoms with Crippen molar-refractivity contribution in [3.05, 3.63) is 6.92 Å². The third kappa shape index (κ3) is 9.00. The molecule has 109 valence electrons. The second-order valence-electron chi connectivity index (χ2n) is 6.37. The Bertz CT molecular complexity index is 161. The van der Waals surface area contributed by atoms with Crippen LogP contribution in [0.5, 0.6) is 0 Å². The van der Waals surface area contributed by atoms with E-state index in [0.29, 0.717) is 0 Å². The van der Waals surface area contributed by atoms with Gasteiger partial charge in [-0.1, -0.05) is 98.8 Å². The summed E-state index contributed by atoms with van der Waals surface area (Å²) in [5.41, 5.74) is 0. The smallest absolute Gasteiger partial charge is 0.0391 e. The van der Waals surface area contributed by atoms with Crippen molar-refractivity contribution in [1.29, 1.82) is 0 Å². The minimum absolute atomic E-state index is 0.849.